The van der Waals surface area contributed by atoms with Crippen molar-refractivity contribution in [1.82, 2.24) is 14.3 Å². The minimum atomic E-state index is -3.75. The second-order valence-electron chi connectivity index (χ2n) is 4.91. The highest BCUT2D eigenvalue weighted by molar-refractivity contribution is 7.89. The lowest BCUT2D eigenvalue weighted by molar-refractivity contribution is 0.382. The van der Waals surface area contributed by atoms with E-state index in [0.29, 0.717) is 32.1 Å². The maximum Gasteiger partial charge on any atom is 0.243 e. The Hall–Kier alpha value is -1.64. The summed E-state index contributed by atoms with van der Waals surface area (Å²) in [6, 6.07) is 3.33. The van der Waals surface area contributed by atoms with Crippen molar-refractivity contribution in [3.05, 3.63) is 41.4 Å². The van der Waals surface area contributed by atoms with Gasteiger partial charge in [0, 0.05) is 43.6 Å². The van der Waals surface area contributed by atoms with Crippen molar-refractivity contribution in [2.45, 2.75) is 4.90 Å². The average Bonchev–Trinajstić information content (AvgIpc) is 3.00. The van der Waals surface area contributed by atoms with Gasteiger partial charge in [0.2, 0.25) is 16.0 Å². The number of aromatic amines is 1. The molecule has 2 heterocycles. The summed E-state index contributed by atoms with van der Waals surface area (Å²) in [7, 11) is -3.75. The molecule has 0 amide bonds. The van der Waals surface area contributed by atoms with Crippen LogP contribution in [0, 0.1) is 5.82 Å². The van der Waals surface area contributed by atoms with E-state index in [9.17, 15) is 12.8 Å². The number of hydrogen-bond acceptors (Lipinski definition) is 4. The van der Waals surface area contributed by atoms with Gasteiger partial charge in [-0.2, -0.15) is 4.31 Å². The molecule has 2 aromatic rings. The third-order valence-electron chi connectivity index (χ3n) is 3.50. The molecule has 1 aliphatic rings. The highest BCUT2D eigenvalue weighted by atomic mass is 35.5. The van der Waals surface area contributed by atoms with Gasteiger partial charge < -0.3 is 9.88 Å². The number of rotatable bonds is 3. The Kier molecular flexibility index (Phi) is 4.07. The Balaban J connectivity index is 1.77. The van der Waals surface area contributed by atoms with E-state index in [1.165, 1.54) is 10.4 Å². The average molecular weight is 345 g/mol. The maximum atomic E-state index is 13.4. The normalized spacial score (nSPS) is 16.9. The Bertz CT molecular complexity index is 738. The summed E-state index contributed by atoms with van der Waals surface area (Å²) >= 11 is 5.74. The second kappa shape index (κ2) is 5.86. The number of benzene rings is 1. The number of aromatic nitrogens is 2. The standard InChI is InChI=1S/C13H14ClFN4O2S/c14-10-7-11(15)9-12(8-10)22(20,21)19-5-3-18(4-6-19)13-16-1-2-17-13/h1-2,7-9H,3-6H2,(H,16,17). The number of nitrogens with zero attached hydrogens (tertiary/aromatic N) is 3. The molecule has 6 nitrogen and oxygen atoms in total. The molecule has 0 aliphatic carbocycles. The van der Waals surface area contributed by atoms with Crippen molar-refractivity contribution < 1.29 is 12.8 Å². The van der Waals surface area contributed by atoms with Crippen molar-refractivity contribution in [3.8, 4) is 0 Å². The van der Waals surface area contributed by atoms with Gasteiger partial charge >= 0.3 is 0 Å². The van der Waals surface area contributed by atoms with Gasteiger partial charge in [-0.15, -0.1) is 0 Å². The Morgan fingerprint density at radius 2 is 1.91 bits per heavy atom. The molecular formula is C13H14ClFN4O2S. The molecule has 1 aliphatic heterocycles. The monoisotopic (exact) mass is 344 g/mol. The smallest absolute Gasteiger partial charge is 0.243 e. The van der Waals surface area contributed by atoms with Crippen LogP contribution in [0.2, 0.25) is 5.02 Å². The minimum Gasteiger partial charge on any atom is -0.340 e. The third kappa shape index (κ3) is 2.94. The van der Waals surface area contributed by atoms with Crippen molar-refractivity contribution in [2.75, 3.05) is 31.1 Å². The molecule has 118 valence electrons. The number of hydrogen-bond donors (Lipinski definition) is 1. The molecule has 0 atom stereocenters. The second-order valence-corrected chi connectivity index (χ2v) is 7.28. The molecule has 0 spiro atoms. The van der Waals surface area contributed by atoms with Crippen molar-refractivity contribution in [2.24, 2.45) is 0 Å². The Morgan fingerprint density at radius 3 is 2.50 bits per heavy atom. The summed E-state index contributed by atoms with van der Waals surface area (Å²) in [5.41, 5.74) is 0. The fraction of sp³-hybridized carbons (Fsp3) is 0.308. The van der Waals surface area contributed by atoms with Crippen LogP contribution in [0.4, 0.5) is 10.3 Å². The Labute approximate surface area is 132 Å². The van der Waals surface area contributed by atoms with Crippen LogP contribution in [0.1, 0.15) is 0 Å². The van der Waals surface area contributed by atoms with Crippen LogP contribution in [0.3, 0.4) is 0 Å². The lowest BCUT2D eigenvalue weighted by Gasteiger charge is -2.33. The van der Waals surface area contributed by atoms with Gasteiger partial charge in [-0.05, 0) is 18.2 Å². The third-order valence-corrected chi connectivity index (χ3v) is 5.59. The van der Waals surface area contributed by atoms with Gasteiger partial charge in [-0.3, -0.25) is 0 Å². The van der Waals surface area contributed by atoms with Gasteiger partial charge in [0.05, 0.1) is 4.90 Å². The first-order valence-electron chi connectivity index (χ1n) is 6.67. The number of piperazine rings is 1. The van der Waals surface area contributed by atoms with E-state index >= 15 is 0 Å². The molecule has 1 aromatic heterocycles. The molecule has 1 fully saturated rings. The van der Waals surface area contributed by atoms with E-state index in [1.807, 2.05) is 4.90 Å². The maximum absolute atomic E-state index is 13.4. The van der Waals surface area contributed by atoms with Crippen molar-refractivity contribution >= 4 is 27.6 Å². The lowest BCUT2D eigenvalue weighted by atomic mass is 10.3. The molecule has 9 heteroatoms. The number of anilines is 1. The number of H-pyrrole nitrogens is 1. The largest absolute Gasteiger partial charge is 0.340 e. The van der Waals surface area contributed by atoms with E-state index in [2.05, 4.69) is 9.97 Å². The van der Waals surface area contributed by atoms with E-state index in [-0.39, 0.29) is 9.92 Å². The Morgan fingerprint density at radius 1 is 1.18 bits per heavy atom. The number of nitrogens with one attached hydrogen (secondary N) is 1. The first-order chi connectivity index (χ1) is 10.5. The minimum absolute atomic E-state index is 0.0628. The molecule has 0 saturated carbocycles. The number of sulfonamides is 1. The lowest BCUT2D eigenvalue weighted by Crippen LogP contribution is -2.49. The molecule has 0 bridgehead atoms. The first-order valence-corrected chi connectivity index (χ1v) is 8.49. The molecule has 1 aromatic carbocycles. The number of halogens is 2. The zero-order valence-corrected chi connectivity index (χ0v) is 13.1. The predicted octanol–water partition coefficient (Wildman–Crippen LogP) is 1.71. The van der Waals surface area contributed by atoms with Crippen LogP contribution in [0.25, 0.3) is 0 Å². The SMILES string of the molecule is O=S(=O)(c1cc(F)cc(Cl)c1)N1CCN(c2ncc[nH]2)CC1. The van der Waals surface area contributed by atoms with Gasteiger partial charge in [0.25, 0.3) is 0 Å². The molecule has 1 saturated heterocycles. The number of imidazole rings is 1. The van der Waals surface area contributed by atoms with Gasteiger partial charge in [-0.25, -0.2) is 17.8 Å². The summed E-state index contributed by atoms with van der Waals surface area (Å²) in [6.07, 6.45) is 3.36. The van der Waals surface area contributed by atoms with E-state index in [0.717, 1.165) is 12.1 Å². The van der Waals surface area contributed by atoms with Crippen molar-refractivity contribution in [1.29, 1.82) is 0 Å². The van der Waals surface area contributed by atoms with Crippen molar-refractivity contribution in [3.63, 3.8) is 0 Å². The fourth-order valence-corrected chi connectivity index (χ4v) is 4.16. The first kappa shape index (κ1) is 15.3. The zero-order valence-electron chi connectivity index (χ0n) is 11.5. The van der Waals surface area contributed by atoms with Gasteiger partial charge in [-0.1, -0.05) is 11.6 Å². The molecule has 0 unspecified atom stereocenters. The molecule has 22 heavy (non-hydrogen) atoms. The molecule has 0 radical (unpaired) electrons. The highest BCUT2D eigenvalue weighted by Gasteiger charge is 2.29. The summed E-state index contributed by atoms with van der Waals surface area (Å²) in [4.78, 5) is 8.97. The van der Waals surface area contributed by atoms with Crippen LogP contribution in [-0.2, 0) is 10.0 Å². The van der Waals surface area contributed by atoms with Gasteiger partial charge in [0.15, 0.2) is 0 Å². The van der Waals surface area contributed by atoms with E-state index in [4.69, 9.17) is 11.6 Å². The summed E-state index contributed by atoms with van der Waals surface area (Å²) in [6.45, 7) is 1.62. The zero-order chi connectivity index (χ0) is 15.7. The quantitative estimate of drug-likeness (QED) is 0.920. The van der Waals surface area contributed by atoms with E-state index in [1.54, 1.807) is 12.4 Å². The highest BCUT2D eigenvalue weighted by Crippen LogP contribution is 2.23. The summed E-state index contributed by atoms with van der Waals surface area (Å²) in [5.74, 6) is 0.0474. The van der Waals surface area contributed by atoms with E-state index < -0.39 is 15.8 Å². The molecular weight excluding hydrogens is 331 g/mol. The van der Waals surface area contributed by atoms with Gasteiger partial charge in [0.1, 0.15) is 5.82 Å². The molecule has 3 rings (SSSR count). The summed E-state index contributed by atoms with van der Waals surface area (Å²) < 4.78 is 39.8. The topological polar surface area (TPSA) is 69.3 Å². The van der Waals surface area contributed by atoms with Crippen LogP contribution in [0.5, 0.6) is 0 Å². The van der Waals surface area contributed by atoms with Crippen LogP contribution < -0.4 is 4.90 Å². The fourth-order valence-electron chi connectivity index (χ4n) is 2.40. The van der Waals surface area contributed by atoms with Crippen LogP contribution in [-0.4, -0.2) is 48.9 Å². The molecule has 1 N–H and O–H groups in total. The van der Waals surface area contributed by atoms with Crippen LogP contribution >= 0.6 is 11.6 Å². The summed E-state index contributed by atoms with van der Waals surface area (Å²) in [5, 5.41) is 0.0628. The van der Waals surface area contributed by atoms with Crippen LogP contribution in [0.15, 0.2) is 35.5 Å². The predicted molar refractivity (Wildman–Crippen MR) is 81.0 cm³/mol.